The first-order valence-corrected chi connectivity index (χ1v) is 11.0. The van der Waals surface area contributed by atoms with Gasteiger partial charge in [-0.25, -0.2) is 13.8 Å². The van der Waals surface area contributed by atoms with Gasteiger partial charge in [-0.05, 0) is 45.0 Å². The molecule has 0 spiro atoms. The number of anilines is 1. The molecule has 2 aromatic rings. The fourth-order valence-corrected chi connectivity index (χ4v) is 5.21. The van der Waals surface area contributed by atoms with Gasteiger partial charge >= 0.3 is 0 Å². The maximum Gasteiger partial charge on any atom is 0.261 e. The van der Waals surface area contributed by atoms with Crippen LogP contribution in [0.1, 0.15) is 37.9 Å². The first-order valence-electron chi connectivity index (χ1n) is 9.93. The zero-order valence-electron chi connectivity index (χ0n) is 16.0. The average Bonchev–Trinajstić information content (AvgIpc) is 3.13. The smallest absolute Gasteiger partial charge is 0.261 e. The van der Waals surface area contributed by atoms with Crippen LogP contribution in [0.5, 0.6) is 0 Å². The summed E-state index contributed by atoms with van der Waals surface area (Å²) < 4.78 is 28.7. The van der Waals surface area contributed by atoms with Gasteiger partial charge in [0.1, 0.15) is 23.2 Å². The Morgan fingerprint density at radius 1 is 1.32 bits per heavy atom. The lowest BCUT2D eigenvalue weighted by Crippen LogP contribution is -2.41. The number of halogens is 2. The summed E-state index contributed by atoms with van der Waals surface area (Å²) in [6.07, 6.45) is 4.38. The van der Waals surface area contributed by atoms with Gasteiger partial charge in [-0.15, -0.1) is 11.8 Å². The van der Waals surface area contributed by atoms with E-state index in [2.05, 4.69) is 15.3 Å². The Kier molecular flexibility index (Phi) is 5.87. The van der Waals surface area contributed by atoms with E-state index < -0.39 is 17.5 Å². The van der Waals surface area contributed by atoms with Gasteiger partial charge in [-0.2, -0.15) is 0 Å². The predicted octanol–water partition coefficient (Wildman–Crippen LogP) is 3.69. The molecule has 1 aromatic carbocycles. The molecule has 28 heavy (non-hydrogen) atoms. The maximum absolute atomic E-state index is 14.5. The maximum atomic E-state index is 14.5. The highest BCUT2D eigenvalue weighted by molar-refractivity contribution is 7.99. The van der Waals surface area contributed by atoms with E-state index in [9.17, 15) is 13.6 Å². The topological polar surface area (TPSA) is 61.0 Å². The lowest BCUT2D eigenvalue weighted by Gasteiger charge is -2.31. The van der Waals surface area contributed by atoms with Crippen molar-refractivity contribution in [3.8, 4) is 0 Å². The summed E-state index contributed by atoms with van der Waals surface area (Å²) in [5.41, 5.74) is 0.526. The van der Waals surface area contributed by atoms with Crippen molar-refractivity contribution in [1.29, 1.82) is 0 Å². The number of piperidine rings is 1. The van der Waals surface area contributed by atoms with Gasteiger partial charge in [0.25, 0.3) is 5.56 Å². The van der Waals surface area contributed by atoms with Crippen LogP contribution in [0.15, 0.2) is 16.9 Å². The number of nitrogens with one attached hydrogen (secondary N) is 2. The summed E-state index contributed by atoms with van der Waals surface area (Å²) in [6.45, 7) is 1.29. The molecular weight excluding hydrogens is 382 g/mol. The first-order chi connectivity index (χ1) is 13.5. The van der Waals surface area contributed by atoms with E-state index in [4.69, 9.17) is 0 Å². The van der Waals surface area contributed by atoms with Gasteiger partial charge in [0.05, 0.1) is 11.3 Å². The molecule has 1 saturated heterocycles. The summed E-state index contributed by atoms with van der Waals surface area (Å²) in [5, 5.41) is 3.23. The molecule has 8 heteroatoms. The molecule has 1 saturated carbocycles. The number of likely N-dealkylation sites (tertiary alicyclic amines) is 1. The molecule has 4 rings (SSSR count). The second kappa shape index (κ2) is 8.37. The standard InChI is InChI=1S/C20H26F2N4OS/c1-26-7-6-17(15(22)10-26)28-11-18-24-16-9-13(23-12-4-2-3-5-12)8-14(21)19(16)20(27)25-18/h8-9,12,15,17,23H,2-7,10-11H2,1H3,(H,24,25,27)/t15-,17+/m0/s1. The molecule has 5 nitrogen and oxygen atoms in total. The molecule has 2 N–H and O–H groups in total. The number of fused-ring (bicyclic) bond motifs is 1. The number of nitrogens with zero attached hydrogens (tertiary/aromatic N) is 2. The molecule has 0 amide bonds. The van der Waals surface area contributed by atoms with Crippen LogP contribution in [0.3, 0.4) is 0 Å². The number of aromatic amines is 1. The molecule has 0 unspecified atom stereocenters. The number of alkyl halides is 1. The van der Waals surface area contributed by atoms with Gasteiger partial charge in [0.15, 0.2) is 0 Å². The SMILES string of the molecule is CN1CC[C@@H](SCc2nc3cc(NC4CCCC4)cc(F)c3c(=O)[nH]2)[C@@H](F)C1. The van der Waals surface area contributed by atoms with Crippen molar-refractivity contribution in [1.82, 2.24) is 14.9 Å². The van der Waals surface area contributed by atoms with E-state index in [1.54, 1.807) is 6.07 Å². The van der Waals surface area contributed by atoms with Crippen molar-refractivity contribution in [3.05, 3.63) is 34.1 Å². The van der Waals surface area contributed by atoms with E-state index >= 15 is 0 Å². The molecule has 1 aromatic heterocycles. The minimum Gasteiger partial charge on any atom is -0.382 e. The van der Waals surface area contributed by atoms with Crippen molar-refractivity contribution < 1.29 is 8.78 Å². The number of aromatic nitrogens is 2. The molecule has 152 valence electrons. The highest BCUT2D eigenvalue weighted by Gasteiger charge is 2.28. The zero-order valence-corrected chi connectivity index (χ0v) is 16.8. The van der Waals surface area contributed by atoms with Crippen LogP contribution in [0, 0.1) is 5.82 Å². The number of hydrogen-bond donors (Lipinski definition) is 2. The Morgan fingerprint density at radius 2 is 2.11 bits per heavy atom. The van der Waals surface area contributed by atoms with Crippen LogP contribution in [0.25, 0.3) is 10.9 Å². The molecule has 2 fully saturated rings. The highest BCUT2D eigenvalue weighted by atomic mass is 32.2. The highest BCUT2D eigenvalue weighted by Crippen LogP contribution is 2.28. The van der Waals surface area contributed by atoms with E-state index in [1.807, 2.05) is 11.9 Å². The molecular formula is C20H26F2N4OS. The predicted molar refractivity (Wildman–Crippen MR) is 110 cm³/mol. The molecule has 2 aliphatic rings. The fraction of sp³-hybridized carbons (Fsp3) is 0.600. The number of hydrogen-bond acceptors (Lipinski definition) is 5. The van der Waals surface area contributed by atoms with Crippen LogP contribution in [0.4, 0.5) is 14.5 Å². The third-order valence-corrected chi connectivity index (χ3v) is 7.05. The largest absolute Gasteiger partial charge is 0.382 e. The molecule has 1 aliphatic heterocycles. The van der Waals surface area contributed by atoms with E-state index in [0.29, 0.717) is 35.4 Å². The molecule has 2 heterocycles. The van der Waals surface area contributed by atoms with Crippen molar-refractivity contribution >= 4 is 28.4 Å². The number of thioether (sulfide) groups is 1. The molecule has 2 atom stereocenters. The summed E-state index contributed by atoms with van der Waals surface area (Å²) in [6, 6.07) is 3.46. The molecule has 0 radical (unpaired) electrons. The first kappa shape index (κ1) is 19.6. The minimum absolute atomic E-state index is 0.0200. The van der Waals surface area contributed by atoms with Gasteiger partial charge in [-0.1, -0.05) is 12.8 Å². The monoisotopic (exact) mass is 408 g/mol. The van der Waals surface area contributed by atoms with Gasteiger partial charge in [0, 0.05) is 23.5 Å². The van der Waals surface area contributed by atoms with Crippen LogP contribution in [-0.2, 0) is 5.75 Å². The number of rotatable bonds is 5. The van der Waals surface area contributed by atoms with Crippen LogP contribution in [-0.4, -0.2) is 52.5 Å². The van der Waals surface area contributed by atoms with Crippen molar-refractivity contribution in [3.63, 3.8) is 0 Å². The third kappa shape index (κ3) is 4.33. The van der Waals surface area contributed by atoms with Crippen molar-refractivity contribution in [2.75, 3.05) is 25.5 Å². The van der Waals surface area contributed by atoms with Crippen LogP contribution in [0.2, 0.25) is 0 Å². The second-order valence-corrected chi connectivity index (χ2v) is 9.13. The Bertz CT molecular complexity index is 900. The Balaban J connectivity index is 1.53. The summed E-state index contributed by atoms with van der Waals surface area (Å²) >= 11 is 1.47. The van der Waals surface area contributed by atoms with E-state index in [0.717, 1.165) is 25.8 Å². The minimum atomic E-state index is -0.893. The van der Waals surface area contributed by atoms with Gasteiger partial charge < -0.3 is 15.2 Å². The van der Waals surface area contributed by atoms with Gasteiger partial charge in [0.2, 0.25) is 0 Å². The van der Waals surface area contributed by atoms with Crippen molar-refractivity contribution in [2.45, 2.75) is 55.3 Å². The van der Waals surface area contributed by atoms with Gasteiger partial charge in [-0.3, -0.25) is 4.79 Å². The second-order valence-electron chi connectivity index (χ2n) is 7.91. The Labute approximate surface area is 167 Å². The fourth-order valence-electron chi connectivity index (χ4n) is 4.14. The Morgan fingerprint density at radius 3 is 2.86 bits per heavy atom. The molecule has 1 aliphatic carbocycles. The van der Waals surface area contributed by atoms with Crippen LogP contribution >= 0.6 is 11.8 Å². The quantitative estimate of drug-likeness (QED) is 0.790. The molecule has 0 bridgehead atoms. The Hall–Kier alpha value is -1.67. The summed E-state index contributed by atoms with van der Waals surface area (Å²) in [7, 11) is 1.92. The summed E-state index contributed by atoms with van der Waals surface area (Å²) in [5.74, 6) is 0.304. The number of benzene rings is 1. The lowest BCUT2D eigenvalue weighted by atomic mass is 10.1. The average molecular weight is 409 g/mol. The van der Waals surface area contributed by atoms with Crippen LogP contribution < -0.4 is 10.9 Å². The van der Waals surface area contributed by atoms with E-state index in [-0.39, 0.29) is 10.6 Å². The lowest BCUT2D eigenvalue weighted by molar-refractivity contribution is 0.170. The summed E-state index contributed by atoms with van der Waals surface area (Å²) in [4.78, 5) is 21.5. The van der Waals surface area contributed by atoms with Crippen molar-refractivity contribution in [2.24, 2.45) is 0 Å². The third-order valence-electron chi connectivity index (χ3n) is 5.65. The zero-order chi connectivity index (χ0) is 19.7. The number of H-pyrrole nitrogens is 1. The normalized spacial score (nSPS) is 24.1. The van der Waals surface area contributed by atoms with E-state index in [1.165, 1.54) is 30.7 Å².